The number of halogens is 1. The highest BCUT2D eigenvalue weighted by Crippen LogP contribution is 2.29. The predicted octanol–water partition coefficient (Wildman–Crippen LogP) is 2.75. The molecule has 72 valence electrons. The third-order valence-corrected chi connectivity index (χ3v) is 2.20. The molecule has 0 radical (unpaired) electrons. The molecule has 0 amide bonds. The fourth-order valence-corrected chi connectivity index (χ4v) is 1.52. The number of rotatable bonds is 3. The van der Waals surface area contributed by atoms with Crippen molar-refractivity contribution in [2.45, 2.75) is 12.8 Å². The van der Waals surface area contributed by atoms with Gasteiger partial charge in [0, 0.05) is 5.56 Å². The summed E-state index contributed by atoms with van der Waals surface area (Å²) < 4.78 is 10.3. The van der Waals surface area contributed by atoms with Crippen molar-refractivity contribution in [1.82, 2.24) is 0 Å². The number of hydrogen-bond acceptors (Lipinski definition) is 2. The molecule has 0 saturated carbocycles. The Morgan fingerprint density at radius 2 is 1.92 bits per heavy atom. The summed E-state index contributed by atoms with van der Waals surface area (Å²) in [6.45, 7) is 1.97. The van der Waals surface area contributed by atoms with Crippen LogP contribution in [-0.2, 0) is 5.88 Å². The summed E-state index contributed by atoms with van der Waals surface area (Å²) in [4.78, 5) is 0. The highest BCUT2D eigenvalue weighted by atomic mass is 35.5. The van der Waals surface area contributed by atoms with E-state index in [-0.39, 0.29) is 0 Å². The fraction of sp³-hybridized carbons (Fsp3) is 0.400. The lowest BCUT2D eigenvalue weighted by Gasteiger charge is -2.11. The van der Waals surface area contributed by atoms with E-state index in [9.17, 15) is 0 Å². The van der Waals surface area contributed by atoms with Crippen LogP contribution in [0, 0.1) is 6.92 Å². The third-order valence-electron chi connectivity index (χ3n) is 1.91. The van der Waals surface area contributed by atoms with Crippen molar-refractivity contribution in [3.63, 3.8) is 0 Å². The number of aryl methyl sites for hydroxylation is 1. The number of hydrogen-bond donors (Lipinski definition) is 0. The Balaban J connectivity index is 3.20. The van der Waals surface area contributed by atoms with Crippen LogP contribution in [0.3, 0.4) is 0 Å². The maximum atomic E-state index is 5.78. The Labute approximate surface area is 83.4 Å². The predicted molar refractivity (Wildman–Crippen MR) is 53.8 cm³/mol. The number of alkyl halides is 1. The molecule has 0 unspecified atom stereocenters. The Morgan fingerprint density at radius 1 is 1.23 bits per heavy atom. The molecular formula is C10H13ClO2. The Bertz CT molecular complexity index is 297. The summed E-state index contributed by atoms with van der Waals surface area (Å²) in [5.74, 6) is 2.09. The van der Waals surface area contributed by atoms with Crippen molar-refractivity contribution in [3.05, 3.63) is 23.3 Å². The molecule has 0 heterocycles. The number of benzene rings is 1. The van der Waals surface area contributed by atoms with Crippen molar-refractivity contribution in [2.75, 3.05) is 14.2 Å². The first-order valence-electron chi connectivity index (χ1n) is 4.00. The van der Waals surface area contributed by atoms with E-state index in [1.54, 1.807) is 14.2 Å². The van der Waals surface area contributed by atoms with Crippen LogP contribution in [0.1, 0.15) is 11.1 Å². The average Bonchev–Trinajstić information content (AvgIpc) is 2.16. The first-order valence-corrected chi connectivity index (χ1v) is 4.53. The highest BCUT2D eigenvalue weighted by Gasteiger charge is 2.07. The summed E-state index contributed by atoms with van der Waals surface area (Å²) in [6.07, 6.45) is 0. The fourth-order valence-electron chi connectivity index (χ4n) is 1.32. The molecule has 0 aromatic heterocycles. The molecule has 2 nitrogen and oxygen atoms in total. The molecule has 0 fully saturated rings. The Hall–Kier alpha value is -0.890. The second-order valence-electron chi connectivity index (χ2n) is 2.77. The van der Waals surface area contributed by atoms with Gasteiger partial charge in [-0.25, -0.2) is 0 Å². The van der Waals surface area contributed by atoms with Crippen molar-refractivity contribution < 1.29 is 9.47 Å². The van der Waals surface area contributed by atoms with Crippen LogP contribution in [0.4, 0.5) is 0 Å². The largest absolute Gasteiger partial charge is 0.497 e. The van der Waals surface area contributed by atoms with Gasteiger partial charge in [0.1, 0.15) is 11.5 Å². The first-order chi connectivity index (χ1) is 6.22. The molecule has 0 N–H and O–H groups in total. The van der Waals surface area contributed by atoms with Crippen LogP contribution in [0.25, 0.3) is 0 Å². The summed E-state index contributed by atoms with van der Waals surface area (Å²) in [5, 5.41) is 0. The minimum atomic E-state index is 0.432. The number of methoxy groups -OCH3 is 2. The van der Waals surface area contributed by atoms with E-state index in [0.29, 0.717) is 5.88 Å². The van der Waals surface area contributed by atoms with Gasteiger partial charge >= 0.3 is 0 Å². The zero-order chi connectivity index (χ0) is 9.84. The van der Waals surface area contributed by atoms with Crippen LogP contribution in [0.2, 0.25) is 0 Å². The summed E-state index contributed by atoms with van der Waals surface area (Å²) in [6, 6.07) is 3.81. The van der Waals surface area contributed by atoms with Gasteiger partial charge in [-0.15, -0.1) is 11.6 Å². The zero-order valence-electron chi connectivity index (χ0n) is 8.06. The topological polar surface area (TPSA) is 18.5 Å². The SMILES string of the molecule is COc1cc(C)c(OC)c(CCl)c1. The Morgan fingerprint density at radius 3 is 2.38 bits per heavy atom. The molecule has 0 bridgehead atoms. The highest BCUT2D eigenvalue weighted by molar-refractivity contribution is 6.17. The molecular weight excluding hydrogens is 188 g/mol. The molecule has 0 aliphatic carbocycles. The standard InChI is InChI=1S/C10H13ClO2/c1-7-4-9(12-2)5-8(6-11)10(7)13-3/h4-5H,6H2,1-3H3. The van der Waals surface area contributed by atoms with Gasteiger partial charge in [0.15, 0.2) is 0 Å². The average molecular weight is 201 g/mol. The molecule has 0 aliphatic rings. The van der Waals surface area contributed by atoms with E-state index in [2.05, 4.69) is 0 Å². The molecule has 13 heavy (non-hydrogen) atoms. The molecule has 1 aromatic rings. The van der Waals surface area contributed by atoms with Gasteiger partial charge in [-0.3, -0.25) is 0 Å². The quantitative estimate of drug-likeness (QED) is 0.699. The minimum Gasteiger partial charge on any atom is -0.497 e. The van der Waals surface area contributed by atoms with Gasteiger partial charge in [-0.05, 0) is 24.6 Å². The van der Waals surface area contributed by atoms with E-state index < -0.39 is 0 Å². The molecule has 0 saturated heterocycles. The Kier molecular flexibility index (Phi) is 3.43. The van der Waals surface area contributed by atoms with Crippen molar-refractivity contribution in [3.8, 4) is 11.5 Å². The van der Waals surface area contributed by atoms with E-state index in [4.69, 9.17) is 21.1 Å². The van der Waals surface area contributed by atoms with E-state index in [0.717, 1.165) is 22.6 Å². The van der Waals surface area contributed by atoms with E-state index in [1.165, 1.54) is 0 Å². The monoisotopic (exact) mass is 200 g/mol. The molecule has 1 rings (SSSR count). The normalized spacial score (nSPS) is 9.85. The lowest BCUT2D eigenvalue weighted by Crippen LogP contribution is -1.94. The molecule has 0 aliphatic heterocycles. The van der Waals surface area contributed by atoms with Gasteiger partial charge in [0.2, 0.25) is 0 Å². The lowest BCUT2D eigenvalue weighted by molar-refractivity contribution is 0.397. The van der Waals surface area contributed by atoms with Gasteiger partial charge < -0.3 is 9.47 Å². The van der Waals surface area contributed by atoms with Gasteiger partial charge in [0.05, 0.1) is 20.1 Å². The minimum absolute atomic E-state index is 0.432. The van der Waals surface area contributed by atoms with Crippen LogP contribution in [-0.4, -0.2) is 14.2 Å². The van der Waals surface area contributed by atoms with Crippen LogP contribution < -0.4 is 9.47 Å². The van der Waals surface area contributed by atoms with E-state index >= 15 is 0 Å². The van der Waals surface area contributed by atoms with Crippen LogP contribution in [0.15, 0.2) is 12.1 Å². The first kappa shape index (κ1) is 10.2. The van der Waals surface area contributed by atoms with Crippen LogP contribution in [0.5, 0.6) is 11.5 Å². The maximum Gasteiger partial charge on any atom is 0.126 e. The summed E-state index contributed by atoms with van der Waals surface area (Å²) in [7, 11) is 3.28. The molecule has 3 heteroatoms. The zero-order valence-corrected chi connectivity index (χ0v) is 8.81. The van der Waals surface area contributed by atoms with Crippen LogP contribution >= 0.6 is 11.6 Å². The van der Waals surface area contributed by atoms with Crippen molar-refractivity contribution >= 4 is 11.6 Å². The van der Waals surface area contributed by atoms with Gasteiger partial charge in [-0.2, -0.15) is 0 Å². The third kappa shape index (κ3) is 2.07. The van der Waals surface area contributed by atoms with Crippen molar-refractivity contribution in [1.29, 1.82) is 0 Å². The smallest absolute Gasteiger partial charge is 0.126 e. The molecule has 0 atom stereocenters. The van der Waals surface area contributed by atoms with Gasteiger partial charge in [-0.1, -0.05) is 0 Å². The van der Waals surface area contributed by atoms with Gasteiger partial charge in [0.25, 0.3) is 0 Å². The van der Waals surface area contributed by atoms with Crippen molar-refractivity contribution in [2.24, 2.45) is 0 Å². The second-order valence-corrected chi connectivity index (χ2v) is 3.04. The lowest BCUT2D eigenvalue weighted by atomic mass is 10.1. The number of ether oxygens (including phenoxy) is 2. The molecule has 0 spiro atoms. The summed E-state index contributed by atoms with van der Waals surface area (Å²) in [5.41, 5.74) is 2.00. The van der Waals surface area contributed by atoms with E-state index in [1.807, 2.05) is 19.1 Å². The molecule has 1 aromatic carbocycles. The summed E-state index contributed by atoms with van der Waals surface area (Å²) >= 11 is 5.78. The maximum absolute atomic E-state index is 5.78. The second kappa shape index (κ2) is 4.38.